The van der Waals surface area contributed by atoms with Gasteiger partial charge in [-0.15, -0.1) is 0 Å². The van der Waals surface area contributed by atoms with Crippen LogP contribution >= 0.6 is 11.6 Å². The standard InChI is InChI=1S/C20H38ClN3/c1-6-22-18(5)20(10-9-13-21)17(4)16-23-14-11-19(12-15-23)24(7-2)8-3/h6,9,13,17-20H,7-8,10-12,14-16H2,1-5H3/b13-9+,22-6-. The van der Waals surface area contributed by atoms with Gasteiger partial charge >= 0.3 is 0 Å². The average molecular weight is 356 g/mol. The number of nitrogens with zero attached hydrogens (tertiary/aromatic N) is 3. The van der Waals surface area contributed by atoms with Gasteiger partial charge in [0.25, 0.3) is 0 Å². The molecule has 0 aliphatic carbocycles. The maximum atomic E-state index is 5.76. The topological polar surface area (TPSA) is 18.8 Å². The van der Waals surface area contributed by atoms with Crippen molar-refractivity contribution in [3.8, 4) is 0 Å². The Kier molecular flexibility index (Phi) is 10.9. The highest BCUT2D eigenvalue weighted by molar-refractivity contribution is 6.25. The summed E-state index contributed by atoms with van der Waals surface area (Å²) in [4.78, 5) is 9.90. The molecule has 1 aliphatic heterocycles. The van der Waals surface area contributed by atoms with Gasteiger partial charge in [-0.05, 0) is 77.3 Å². The summed E-state index contributed by atoms with van der Waals surface area (Å²) in [6, 6.07) is 1.14. The highest BCUT2D eigenvalue weighted by atomic mass is 35.5. The first-order valence-electron chi connectivity index (χ1n) is 9.76. The van der Waals surface area contributed by atoms with Crippen LogP contribution in [0.3, 0.4) is 0 Å². The Hall–Kier alpha value is -0.380. The number of piperidine rings is 1. The smallest absolute Gasteiger partial charge is 0.0501 e. The predicted octanol–water partition coefficient (Wildman–Crippen LogP) is 4.67. The van der Waals surface area contributed by atoms with Gasteiger partial charge in [0.2, 0.25) is 0 Å². The highest BCUT2D eigenvalue weighted by Gasteiger charge is 2.27. The third kappa shape index (κ3) is 6.85. The average Bonchev–Trinajstić information content (AvgIpc) is 2.58. The molecule has 24 heavy (non-hydrogen) atoms. The minimum absolute atomic E-state index is 0.353. The lowest BCUT2D eigenvalue weighted by Crippen LogP contribution is -2.46. The van der Waals surface area contributed by atoms with Gasteiger partial charge in [-0.2, -0.15) is 0 Å². The van der Waals surface area contributed by atoms with Crippen molar-refractivity contribution in [1.82, 2.24) is 9.80 Å². The highest BCUT2D eigenvalue weighted by Crippen LogP contribution is 2.26. The first-order chi connectivity index (χ1) is 11.6. The summed E-state index contributed by atoms with van der Waals surface area (Å²) >= 11 is 5.76. The van der Waals surface area contributed by atoms with Gasteiger partial charge in [0.05, 0.1) is 6.04 Å². The molecule has 1 fully saturated rings. The van der Waals surface area contributed by atoms with E-state index in [1.54, 1.807) is 5.54 Å². The van der Waals surface area contributed by atoms with Crippen LogP contribution < -0.4 is 0 Å². The normalized spacial score (nSPS) is 21.8. The van der Waals surface area contributed by atoms with Crippen LogP contribution in [-0.2, 0) is 0 Å². The zero-order valence-corrected chi connectivity index (χ0v) is 17.2. The fraction of sp³-hybridized carbons (Fsp3) is 0.850. The summed E-state index contributed by atoms with van der Waals surface area (Å²) in [6.45, 7) is 17.2. The summed E-state index contributed by atoms with van der Waals surface area (Å²) in [5, 5.41) is 0. The van der Waals surface area contributed by atoms with E-state index in [0.717, 1.165) is 12.5 Å². The molecule has 3 unspecified atom stereocenters. The Morgan fingerprint density at radius 2 is 1.83 bits per heavy atom. The van der Waals surface area contributed by atoms with Crippen molar-refractivity contribution in [3.63, 3.8) is 0 Å². The van der Waals surface area contributed by atoms with E-state index in [2.05, 4.69) is 48.6 Å². The van der Waals surface area contributed by atoms with E-state index < -0.39 is 0 Å². The zero-order chi connectivity index (χ0) is 17.9. The van der Waals surface area contributed by atoms with Gasteiger partial charge in [0.1, 0.15) is 0 Å². The van der Waals surface area contributed by atoms with Crippen molar-refractivity contribution >= 4 is 17.8 Å². The second-order valence-corrected chi connectivity index (χ2v) is 7.39. The number of halogens is 1. The third-order valence-corrected chi connectivity index (χ3v) is 5.84. The quantitative estimate of drug-likeness (QED) is 0.530. The summed E-state index contributed by atoms with van der Waals surface area (Å²) in [5.74, 6) is 1.18. The minimum Gasteiger partial charge on any atom is -0.303 e. The monoisotopic (exact) mass is 355 g/mol. The van der Waals surface area contributed by atoms with Crippen molar-refractivity contribution in [2.45, 2.75) is 66.0 Å². The SMILES string of the molecule is C/C=N\C(C)C(C/C=C/Cl)C(C)CN1CCC(N(CC)CC)CC1. The molecule has 0 N–H and O–H groups in total. The molecule has 1 heterocycles. The fourth-order valence-electron chi connectivity index (χ4n) is 4.21. The van der Waals surface area contributed by atoms with Crippen LogP contribution in [0.5, 0.6) is 0 Å². The molecule has 3 atom stereocenters. The molecule has 4 heteroatoms. The number of hydrogen-bond acceptors (Lipinski definition) is 3. The van der Waals surface area contributed by atoms with Gasteiger partial charge < -0.3 is 9.80 Å². The first kappa shape index (κ1) is 21.7. The molecular formula is C20H38ClN3. The number of aliphatic imine (C=N–C) groups is 1. The Morgan fingerprint density at radius 3 is 2.33 bits per heavy atom. The second-order valence-electron chi connectivity index (χ2n) is 7.14. The lowest BCUT2D eigenvalue weighted by Gasteiger charge is -2.39. The van der Waals surface area contributed by atoms with Gasteiger partial charge in [0, 0.05) is 18.1 Å². The largest absolute Gasteiger partial charge is 0.303 e. The van der Waals surface area contributed by atoms with Crippen LogP contribution in [0.2, 0.25) is 0 Å². The molecule has 1 saturated heterocycles. The van der Waals surface area contributed by atoms with Crippen molar-refractivity contribution in [2.75, 3.05) is 32.7 Å². The van der Waals surface area contributed by atoms with Crippen LogP contribution in [0, 0.1) is 11.8 Å². The maximum absolute atomic E-state index is 5.76. The molecule has 0 amide bonds. The number of hydrogen-bond donors (Lipinski definition) is 0. The Labute approximate surface area is 155 Å². The molecular weight excluding hydrogens is 318 g/mol. The summed E-state index contributed by atoms with van der Waals surface area (Å²) in [7, 11) is 0. The van der Waals surface area contributed by atoms with Crippen LogP contribution in [0.15, 0.2) is 16.6 Å². The number of likely N-dealkylation sites (tertiary alicyclic amines) is 1. The summed E-state index contributed by atoms with van der Waals surface area (Å²) in [5.41, 5.74) is 1.65. The molecule has 0 bridgehead atoms. The number of rotatable bonds is 10. The molecule has 0 aromatic heterocycles. The molecule has 1 aliphatic rings. The summed E-state index contributed by atoms with van der Waals surface area (Å²) < 4.78 is 0. The van der Waals surface area contributed by atoms with E-state index in [9.17, 15) is 0 Å². The van der Waals surface area contributed by atoms with E-state index in [0.29, 0.717) is 17.9 Å². The van der Waals surface area contributed by atoms with Crippen LogP contribution in [0.1, 0.15) is 53.9 Å². The van der Waals surface area contributed by atoms with E-state index in [4.69, 9.17) is 11.6 Å². The van der Waals surface area contributed by atoms with Crippen molar-refractivity contribution in [2.24, 2.45) is 16.8 Å². The van der Waals surface area contributed by atoms with Crippen LogP contribution in [0.25, 0.3) is 0 Å². The van der Waals surface area contributed by atoms with E-state index in [1.807, 2.05) is 13.1 Å². The molecule has 1 rings (SSSR count). The van der Waals surface area contributed by atoms with Crippen molar-refractivity contribution in [3.05, 3.63) is 11.6 Å². The fourth-order valence-corrected chi connectivity index (χ4v) is 4.31. The summed E-state index contributed by atoms with van der Waals surface area (Å²) in [6.07, 6.45) is 7.65. The number of allylic oxidation sites excluding steroid dienone is 1. The molecule has 140 valence electrons. The molecule has 3 nitrogen and oxygen atoms in total. The zero-order valence-electron chi connectivity index (χ0n) is 16.4. The second kappa shape index (κ2) is 12.1. The van der Waals surface area contributed by atoms with Crippen LogP contribution in [-0.4, -0.2) is 60.8 Å². The van der Waals surface area contributed by atoms with Gasteiger partial charge in [0.15, 0.2) is 0 Å². The van der Waals surface area contributed by atoms with Gasteiger partial charge in [-0.3, -0.25) is 4.99 Å². The molecule has 0 spiro atoms. The third-order valence-electron chi connectivity index (χ3n) is 5.66. The van der Waals surface area contributed by atoms with Crippen LogP contribution in [0.4, 0.5) is 0 Å². The Balaban J connectivity index is 2.54. The van der Waals surface area contributed by atoms with Gasteiger partial charge in [-0.25, -0.2) is 0 Å². The van der Waals surface area contributed by atoms with E-state index >= 15 is 0 Å². The van der Waals surface area contributed by atoms with Crippen molar-refractivity contribution in [1.29, 1.82) is 0 Å². The Morgan fingerprint density at radius 1 is 1.21 bits per heavy atom. The van der Waals surface area contributed by atoms with Gasteiger partial charge in [-0.1, -0.05) is 38.4 Å². The molecule has 0 saturated carbocycles. The maximum Gasteiger partial charge on any atom is 0.0501 e. The minimum atomic E-state index is 0.353. The predicted molar refractivity (Wildman–Crippen MR) is 108 cm³/mol. The lowest BCUT2D eigenvalue weighted by atomic mass is 9.84. The Bertz CT molecular complexity index is 371. The van der Waals surface area contributed by atoms with E-state index in [-0.39, 0.29) is 0 Å². The molecule has 0 radical (unpaired) electrons. The van der Waals surface area contributed by atoms with E-state index in [1.165, 1.54) is 45.6 Å². The molecule has 0 aromatic rings. The van der Waals surface area contributed by atoms with Crippen molar-refractivity contribution < 1.29 is 0 Å². The molecule has 0 aromatic carbocycles. The lowest BCUT2D eigenvalue weighted by molar-refractivity contribution is 0.0976. The first-order valence-corrected chi connectivity index (χ1v) is 10.2.